The van der Waals surface area contributed by atoms with Crippen LogP contribution in [0.2, 0.25) is 0 Å². The van der Waals surface area contributed by atoms with E-state index < -0.39 is 0 Å². The zero-order chi connectivity index (χ0) is 12.1. The molecule has 17 heavy (non-hydrogen) atoms. The predicted octanol–water partition coefficient (Wildman–Crippen LogP) is 1.38. The van der Waals surface area contributed by atoms with E-state index in [1.807, 2.05) is 0 Å². The van der Waals surface area contributed by atoms with Crippen LogP contribution >= 0.6 is 0 Å². The fourth-order valence-electron chi connectivity index (χ4n) is 2.19. The number of hydrogen-bond acceptors (Lipinski definition) is 5. The van der Waals surface area contributed by atoms with Crippen LogP contribution in [0.15, 0.2) is 12.3 Å². The second kappa shape index (κ2) is 5.82. The highest BCUT2D eigenvalue weighted by Gasteiger charge is 2.20. The van der Waals surface area contributed by atoms with Crippen molar-refractivity contribution in [3.63, 3.8) is 0 Å². The quantitative estimate of drug-likeness (QED) is 0.837. The third-order valence-corrected chi connectivity index (χ3v) is 3.23. The van der Waals surface area contributed by atoms with Crippen LogP contribution in [0.4, 0.5) is 5.95 Å². The Hall–Kier alpha value is -1.36. The molecule has 1 aromatic rings. The summed E-state index contributed by atoms with van der Waals surface area (Å²) in [6, 6.07) is 2.46. The standard InChI is InChI=1S/C12H20N4O/c1-13-12-14-7-5-11(15-12)17-9-6-10-4-3-8-16(10)2/h5,7,10H,3-4,6,8-9H2,1-2H3,(H,13,14,15). The number of anilines is 1. The van der Waals surface area contributed by atoms with Gasteiger partial charge in [-0.05, 0) is 32.9 Å². The van der Waals surface area contributed by atoms with Gasteiger partial charge in [0.25, 0.3) is 0 Å². The Kier molecular flexibility index (Phi) is 4.14. The first-order chi connectivity index (χ1) is 8.29. The zero-order valence-corrected chi connectivity index (χ0v) is 10.5. The van der Waals surface area contributed by atoms with Crippen molar-refractivity contribution in [2.24, 2.45) is 0 Å². The van der Waals surface area contributed by atoms with Crippen LogP contribution in [-0.2, 0) is 0 Å². The first kappa shape index (κ1) is 12.1. The van der Waals surface area contributed by atoms with Crippen LogP contribution in [0.5, 0.6) is 5.88 Å². The van der Waals surface area contributed by atoms with E-state index in [1.54, 1.807) is 19.3 Å². The number of hydrogen-bond donors (Lipinski definition) is 1. The molecule has 1 aromatic heterocycles. The first-order valence-corrected chi connectivity index (χ1v) is 6.13. The molecule has 1 aliphatic rings. The van der Waals surface area contributed by atoms with E-state index in [1.165, 1.54) is 19.4 Å². The number of rotatable bonds is 5. The fraction of sp³-hybridized carbons (Fsp3) is 0.667. The third kappa shape index (κ3) is 3.30. The Morgan fingerprint density at radius 3 is 3.18 bits per heavy atom. The fourth-order valence-corrected chi connectivity index (χ4v) is 2.19. The smallest absolute Gasteiger partial charge is 0.225 e. The molecule has 1 fully saturated rings. The maximum Gasteiger partial charge on any atom is 0.225 e. The SMILES string of the molecule is CNc1nccc(OCCC2CCCN2C)n1. The average Bonchev–Trinajstić information content (AvgIpc) is 2.76. The number of aromatic nitrogens is 2. The molecule has 1 N–H and O–H groups in total. The predicted molar refractivity (Wildman–Crippen MR) is 67.3 cm³/mol. The zero-order valence-electron chi connectivity index (χ0n) is 10.5. The number of ether oxygens (including phenoxy) is 1. The molecule has 5 nitrogen and oxygen atoms in total. The normalized spacial score (nSPS) is 20.5. The molecular formula is C12H20N4O. The maximum absolute atomic E-state index is 5.64. The highest BCUT2D eigenvalue weighted by Crippen LogP contribution is 2.18. The van der Waals surface area contributed by atoms with E-state index in [0.29, 0.717) is 17.9 Å². The highest BCUT2D eigenvalue weighted by molar-refractivity contribution is 5.25. The second-order valence-electron chi connectivity index (χ2n) is 4.38. The van der Waals surface area contributed by atoms with Crippen molar-refractivity contribution in [1.82, 2.24) is 14.9 Å². The number of nitrogens with zero attached hydrogens (tertiary/aromatic N) is 3. The minimum atomic E-state index is 0.598. The lowest BCUT2D eigenvalue weighted by atomic mass is 10.1. The van der Waals surface area contributed by atoms with E-state index >= 15 is 0 Å². The molecule has 0 aliphatic carbocycles. The Morgan fingerprint density at radius 2 is 2.47 bits per heavy atom. The molecule has 1 saturated heterocycles. The summed E-state index contributed by atoms with van der Waals surface area (Å²) in [5, 5.41) is 2.90. The Morgan fingerprint density at radius 1 is 1.59 bits per heavy atom. The van der Waals surface area contributed by atoms with Crippen molar-refractivity contribution in [1.29, 1.82) is 0 Å². The van der Waals surface area contributed by atoms with Crippen LogP contribution in [0.25, 0.3) is 0 Å². The van der Waals surface area contributed by atoms with Gasteiger partial charge in [-0.1, -0.05) is 0 Å². The molecule has 0 aromatic carbocycles. The summed E-state index contributed by atoms with van der Waals surface area (Å²) in [4.78, 5) is 10.7. The summed E-state index contributed by atoms with van der Waals surface area (Å²) < 4.78 is 5.64. The summed E-state index contributed by atoms with van der Waals surface area (Å²) in [5.41, 5.74) is 0. The average molecular weight is 236 g/mol. The summed E-state index contributed by atoms with van der Waals surface area (Å²) in [7, 11) is 3.98. The molecule has 0 spiro atoms. The van der Waals surface area contributed by atoms with Crippen molar-refractivity contribution in [3.05, 3.63) is 12.3 Å². The van der Waals surface area contributed by atoms with Gasteiger partial charge in [-0.3, -0.25) is 0 Å². The molecular weight excluding hydrogens is 216 g/mol. The maximum atomic E-state index is 5.64. The van der Waals surface area contributed by atoms with Crippen molar-refractivity contribution < 1.29 is 4.74 Å². The van der Waals surface area contributed by atoms with Crippen molar-refractivity contribution in [3.8, 4) is 5.88 Å². The van der Waals surface area contributed by atoms with E-state index in [0.717, 1.165) is 13.0 Å². The third-order valence-electron chi connectivity index (χ3n) is 3.23. The molecule has 2 rings (SSSR count). The summed E-state index contributed by atoms with van der Waals surface area (Å²) in [5.74, 6) is 1.24. The Bertz CT molecular complexity index is 358. The summed E-state index contributed by atoms with van der Waals surface area (Å²) in [6.45, 7) is 1.93. The van der Waals surface area contributed by atoms with Crippen LogP contribution in [0, 0.1) is 0 Å². The highest BCUT2D eigenvalue weighted by atomic mass is 16.5. The molecule has 0 amide bonds. The largest absolute Gasteiger partial charge is 0.477 e. The summed E-state index contributed by atoms with van der Waals surface area (Å²) in [6.07, 6.45) is 5.36. The topological polar surface area (TPSA) is 50.3 Å². The molecule has 5 heteroatoms. The molecule has 0 radical (unpaired) electrons. The molecule has 0 bridgehead atoms. The van der Waals surface area contributed by atoms with Gasteiger partial charge in [-0.25, -0.2) is 4.98 Å². The van der Waals surface area contributed by atoms with Gasteiger partial charge in [0.05, 0.1) is 6.61 Å². The number of nitrogens with one attached hydrogen (secondary N) is 1. The van der Waals surface area contributed by atoms with Gasteiger partial charge in [0.15, 0.2) is 0 Å². The van der Waals surface area contributed by atoms with Gasteiger partial charge in [-0.15, -0.1) is 0 Å². The van der Waals surface area contributed by atoms with Gasteiger partial charge in [-0.2, -0.15) is 4.98 Å². The lowest BCUT2D eigenvalue weighted by Crippen LogP contribution is -2.26. The second-order valence-corrected chi connectivity index (χ2v) is 4.38. The minimum absolute atomic E-state index is 0.598. The van der Waals surface area contributed by atoms with Crippen LogP contribution < -0.4 is 10.1 Å². The van der Waals surface area contributed by atoms with E-state index in [2.05, 4.69) is 27.2 Å². The molecule has 1 unspecified atom stereocenters. The Labute approximate surface area is 102 Å². The summed E-state index contributed by atoms with van der Waals surface area (Å²) >= 11 is 0. The molecule has 2 heterocycles. The van der Waals surface area contributed by atoms with E-state index in [-0.39, 0.29) is 0 Å². The lowest BCUT2D eigenvalue weighted by molar-refractivity contribution is 0.228. The minimum Gasteiger partial charge on any atom is -0.477 e. The van der Waals surface area contributed by atoms with Gasteiger partial charge < -0.3 is 15.0 Å². The van der Waals surface area contributed by atoms with Gasteiger partial charge in [0.2, 0.25) is 11.8 Å². The van der Waals surface area contributed by atoms with E-state index in [4.69, 9.17) is 4.74 Å². The van der Waals surface area contributed by atoms with Gasteiger partial charge >= 0.3 is 0 Å². The molecule has 1 aliphatic heterocycles. The van der Waals surface area contributed by atoms with Crippen molar-refractivity contribution >= 4 is 5.95 Å². The van der Waals surface area contributed by atoms with Crippen molar-refractivity contribution in [2.75, 3.05) is 32.6 Å². The lowest BCUT2D eigenvalue weighted by Gasteiger charge is -2.19. The van der Waals surface area contributed by atoms with E-state index in [9.17, 15) is 0 Å². The Balaban J connectivity index is 1.77. The monoisotopic (exact) mass is 236 g/mol. The van der Waals surface area contributed by atoms with Crippen LogP contribution in [0.3, 0.4) is 0 Å². The van der Waals surface area contributed by atoms with Crippen molar-refractivity contribution in [2.45, 2.75) is 25.3 Å². The molecule has 94 valence electrons. The first-order valence-electron chi connectivity index (χ1n) is 6.13. The van der Waals surface area contributed by atoms with Gasteiger partial charge in [0, 0.05) is 25.4 Å². The van der Waals surface area contributed by atoms with Gasteiger partial charge in [0.1, 0.15) is 0 Å². The van der Waals surface area contributed by atoms with Crippen LogP contribution in [-0.4, -0.2) is 48.2 Å². The van der Waals surface area contributed by atoms with Crippen LogP contribution in [0.1, 0.15) is 19.3 Å². The molecule has 1 atom stereocenters. The molecule has 0 saturated carbocycles. The number of likely N-dealkylation sites (tertiary alicyclic amines) is 1.